The first-order valence-electron chi connectivity index (χ1n) is 8.33. The number of amides is 1. The Balaban J connectivity index is 2.15. The number of sulfonamides is 1. The average Bonchev–Trinajstić information content (AvgIpc) is 2.64. The fraction of sp³-hybridized carbons (Fsp3) is 0.278. The highest BCUT2D eigenvalue weighted by Gasteiger charge is 2.35. The van der Waals surface area contributed by atoms with Gasteiger partial charge in [-0.3, -0.25) is 4.79 Å². The van der Waals surface area contributed by atoms with Crippen molar-refractivity contribution in [3.05, 3.63) is 64.4 Å². The van der Waals surface area contributed by atoms with E-state index in [0.717, 1.165) is 16.4 Å². The van der Waals surface area contributed by atoms with Crippen LogP contribution in [0, 0.1) is 5.82 Å². The zero-order valence-electron chi connectivity index (χ0n) is 15.1. The largest absolute Gasteiger partial charge is 0.417 e. The lowest BCUT2D eigenvalue weighted by atomic mass is 10.2. The minimum absolute atomic E-state index is 0.0376. The normalized spacial score (nSPS) is 12.2. The molecule has 0 aromatic heterocycles. The van der Waals surface area contributed by atoms with Crippen molar-refractivity contribution in [1.82, 2.24) is 9.62 Å². The number of carbonyl (C=O) groups excluding carboxylic acids is 1. The maximum absolute atomic E-state index is 13.0. The number of alkyl halides is 3. The van der Waals surface area contributed by atoms with Crippen molar-refractivity contribution in [2.24, 2.45) is 0 Å². The monoisotopic (exact) mass is 452 g/mol. The van der Waals surface area contributed by atoms with E-state index in [0.29, 0.717) is 11.6 Å². The molecule has 0 saturated heterocycles. The standard InChI is InChI=1S/C18H17ClF4N2O3S/c1-2-25(11-17(26)24-10-12-3-5-13(20)6-4-12)29(27,28)14-7-8-16(19)15(9-14)18(21,22)23/h3-9H,2,10-11H2,1H3,(H,24,26). The molecule has 1 amide bonds. The summed E-state index contributed by atoms with van der Waals surface area (Å²) < 4.78 is 78.1. The number of hydrogen-bond donors (Lipinski definition) is 1. The Morgan fingerprint density at radius 3 is 2.31 bits per heavy atom. The molecule has 0 unspecified atom stereocenters. The highest BCUT2D eigenvalue weighted by atomic mass is 35.5. The van der Waals surface area contributed by atoms with Crippen LogP contribution in [0.4, 0.5) is 17.6 Å². The summed E-state index contributed by atoms with van der Waals surface area (Å²) in [5.41, 5.74) is -0.685. The number of carbonyl (C=O) groups is 1. The number of nitrogens with one attached hydrogen (secondary N) is 1. The van der Waals surface area contributed by atoms with Crippen LogP contribution in [0.25, 0.3) is 0 Å². The summed E-state index contributed by atoms with van der Waals surface area (Å²) in [5.74, 6) is -1.10. The smallest absolute Gasteiger partial charge is 0.351 e. The summed E-state index contributed by atoms with van der Waals surface area (Å²) in [5, 5.41) is 1.85. The van der Waals surface area contributed by atoms with Gasteiger partial charge in [0, 0.05) is 13.1 Å². The molecule has 1 N–H and O–H groups in total. The summed E-state index contributed by atoms with van der Waals surface area (Å²) >= 11 is 5.52. The van der Waals surface area contributed by atoms with E-state index in [2.05, 4.69) is 5.32 Å². The molecule has 11 heteroatoms. The van der Waals surface area contributed by atoms with Gasteiger partial charge in [0.25, 0.3) is 0 Å². The van der Waals surface area contributed by atoms with Crippen LogP contribution in [0.1, 0.15) is 18.1 Å². The van der Waals surface area contributed by atoms with Crippen molar-refractivity contribution in [2.45, 2.75) is 24.5 Å². The van der Waals surface area contributed by atoms with E-state index in [1.165, 1.54) is 31.2 Å². The van der Waals surface area contributed by atoms with Crippen molar-refractivity contribution >= 4 is 27.5 Å². The van der Waals surface area contributed by atoms with Crippen LogP contribution in [0.3, 0.4) is 0 Å². The lowest BCUT2D eigenvalue weighted by molar-refractivity contribution is -0.137. The molecule has 0 aliphatic heterocycles. The maximum Gasteiger partial charge on any atom is 0.417 e. The predicted molar refractivity (Wildman–Crippen MR) is 99.1 cm³/mol. The molecular formula is C18H17ClF4N2O3S. The Hall–Kier alpha value is -2.17. The van der Waals surface area contributed by atoms with Crippen LogP contribution in [-0.4, -0.2) is 31.7 Å². The summed E-state index contributed by atoms with van der Waals surface area (Å²) in [6.07, 6.45) is -4.83. The van der Waals surface area contributed by atoms with Crippen molar-refractivity contribution < 1.29 is 30.8 Å². The van der Waals surface area contributed by atoms with E-state index in [9.17, 15) is 30.8 Å². The minimum Gasteiger partial charge on any atom is -0.351 e. The van der Waals surface area contributed by atoms with Crippen molar-refractivity contribution in [3.63, 3.8) is 0 Å². The molecule has 0 aliphatic carbocycles. The zero-order chi connectivity index (χ0) is 21.8. The van der Waals surface area contributed by atoms with Crippen LogP contribution in [-0.2, 0) is 27.5 Å². The molecule has 0 fully saturated rings. The number of benzene rings is 2. The number of rotatable bonds is 7. The molecule has 5 nitrogen and oxygen atoms in total. The quantitative estimate of drug-likeness (QED) is 0.649. The highest BCUT2D eigenvalue weighted by molar-refractivity contribution is 7.89. The van der Waals surface area contributed by atoms with E-state index in [1.54, 1.807) is 0 Å². The number of likely N-dealkylation sites (N-methyl/N-ethyl adjacent to an activating group) is 1. The van der Waals surface area contributed by atoms with Gasteiger partial charge in [0.2, 0.25) is 15.9 Å². The summed E-state index contributed by atoms with van der Waals surface area (Å²) in [7, 11) is -4.37. The lowest BCUT2D eigenvalue weighted by Crippen LogP contribution is -2.40. The van der Waals surface area contributed by atoms with Gasteiger partial charge in [0.15, 0.2) is 0 Å². The van der Waals surface area contributed by atoms with E-state index in [4.69, 9.17) is 11.6 Å². The fourth-order valence-corrected chi connectivity index (χ4v) is 4.07. The van der Waals surface area contributed by atoms with Crippen molar-refractivity contribution in [2.75, 3.05) is 13.1 Å². The summed E-state index contributed by atoms with van der Waals surface area (Å²) in [4.78, 5) is 11.5. The average molecular weight is 453 g/mol. The first-order valence-corrected chi connectivity index (χ1v) is 10.1. The van der Waals surface area contributed by atoms with Crippen LogP contribution >= 0.6 is 11.6 Å². The Morgan fingerprint density at radius 1 is 1.14 bits per heavy atom. The van der Waals surface area contributed by atoms with E-state index in [-0.39, 0.29) is 13.1 Å². The SMILES string of the molecule is CCN(CC(=O)NCc1ccc(F)cc1)S(=O)(=O)c1ccc(Cl)c(C(F)(F)F)c1. The molecule has 0 bridgehead atoms. The Labute approximate surface area is 170 Å². The maximum atomic E-state index is 13.0. The molecule has 0 spiro atoms. The van der Waals surface area contributed by atoms with E-state index < -0.39 is 50.0 Å². The minimum atomic E-state index is -4.83. The molecule has 0 saturated carbocycles. The number of halogens is 5. The molecule has 0 atom stereocenters. The Bertz CT molecular complexity index is 980. The van der Waals surface area contributed by atoms with Gasteiger partial charge in [-0.1, -0.05) is 30.7 Å². The molecule has 0 radical (unpaired) electrons. The van der Waals surface area contributed by atoms with Crippen LogP contribution < -0.4 is 5.32 Å². The third-order valence-corrected chi connectivity index (χ3v) is 6.20. The highest BCUT2D eigenvalue weighted by Crippen LogP contribution is 2.36. The first-order chi connectivity index (χ1) is 13.4. The second kappa shape index (κ2) is 9.10. The van der Waals surface area contributed by atoms with Gasteiger partial charge in [-0.25, -0.2) is 12.8 Å². The number of hydrogen-bond acceptors (Lipinski definition) is 3. The van der Waals surface area contributed by atoms with Gasteiger partial charge in [-0.05, 0) is 35.9 Å². The summed E-state index contributed by atoms with van der Waals surface area (Å²) in [6.45, 7) is 0.752. The second-order valence-corrected chi connectivity index (χ2v) is 8.32. The molecule has 0 aliphatic rings. The fourth-order valence-electron chi connectivity index (χ4n) is 2.42. The molecule has 2 rings (SSSR count). The van der Waals surface area contributed by atoms with E-state index >= 15 is 0 Å². The van der Waals surface area contributed by atoms with Crippen molar-refractivity contribution in [3.8, 4) is 0 Å². The van der Waals surface area contributed by atoms with Gasteiger partial charge in [0.05, 0.1) is 22.0 Å². The van der Waals surface area contributed by atoms with Crippen molar-refractivity contribution in [1.29, 1.82) is 0 Å². The van der Waals surface area contributed by atoms with Crippen LogP contribution in [0.5, 0.6) is 0 Å². The topological polar surface area (TPSA) is 66.5 Å². The molecule has 2 aromatic carbocycles. The van der Waals surface area contributed by atoms with E-state index in [1.807, 2.05) is 0 Å². The predicted octanol–water partition coefficient (Wildman–Crippen LogP) is 3.82. The third-order valence-electron chi connectivity index (χ3n) is 3.96. The molecule has 158 valence electrons. The first kappa shape index (κ1) is 23.1. The van der Waals surface area contributed by atoms with Gasteiger partial charge in [-0.2, -0.15) is 17.5 Å². The van der Waals surface area contributed by atoms with Gasteiger partial charge < -0.3 is 5.32 Å². The second-order valence-electron chi connectivity index (χ2n) is 5.97. The lowest BCUT2D eigenvalue weighted by Gasteiger charge is -2.21. The molecule has 0 heterocycles. The molecule has 2 aromatic rings. The number of nitrogens with zero attached hydrogens (tertiary/aromatic N) is 1. The van der Waals surface area contributed by atoms with Crippen LogP contribution in [0.15, 0.2) is 47.4 Å². The third kappa shape index (κ3) is 5.91. The van der Waals surface area contributed by atoms with Gasteiger partial charge in [-0.15, -0.1) is 0 Å². The molecule has 29 heavy (non-hydrogen) atoms. The molecular weight excluding hydrogens is 436 g/mol. The summed E-state index contributed by atoms with van der Waals surface area (Å²) in [6, 6.07) is 7.57. The Morgan fingerprint density at radius 2 is 1.76 bits per heavy atom. The Kier molecular flexibility index (Phi) is 7.25. The van der Waals surface area contributed by atoms with Gasteiger partial charge in [0.1, 0.15) is 5.82 Å². The van der Waals surface area contributed by atoms with Crippen LogP contribution in [0.2, 0.25) is 5.02 Å². The van der Waals surface area contributed by atoms with Gasteiger partial charge >= 0.3 is 6.18 Å². The zero-order valence-corrected chi connectivity index (χ0v) is 16.7.